The minimum absolute atomic E-state index is 0.0463. The summed E-state index contributed by atoms with van der Waals surface area (Å²) < 4.78 is 30.0. The molecule has 3 rings (SSSR count). The minimum atomic E-state index is -2.98. The molecule has 0 amide bonds. The van der Waals surface area contributed by atoms with E-state index in [1.807, 2.05) is 25.1 Å². The van der Waals surface area contributed by atoms with E-state index < -0.39 is 4.25 Å². The molecule has 0 bridgehead atoms. The van der Waals surface area contributed by atoms with Gasteiger partial charge in [-0.2, -0.15) is 0 Å². The molecule has 0 N–H and O–H groups in total. The van der Waals surface area contributed by atoms with Gasteiger partial charge in [0.2, 0.25) is 0 Å². The standard InChI is InChI=1S/C27H30IP/c1-2-3-4-5-6-7-17-24-29(28,25-18-11-8-12-19-25,26-20-13-9-14-21-26)27-22-15-10-16-23-27/h3-4,6-16,18-23H,2,5,17,24H2,1H3/i3D,4D,6D,7D. The van der Waals surface area contributed by atoms with Crippen LogP contribution in [0.4, 0.5) is 0 Å². The average molecular weight is 516 g/mol. The Morgan fingerprint density at radius 3 is 1.52 bits per heavy atom. The van der Waals surface area contributed by atoms with Crippen molar-refractivity contribution in [2.45, 2.75) is 26.2 Å². The monoisotopic (exact) mass is 516 g/mol. The van der Waals surface area contributed by atoms with E-state index in [0.29, 0.717) is 19.0 Å². The van der Waals surface area contributed by atoms with Gasteiger partial charge in [0.05, 0.1) is 0 Å². The summed E-state index contributed by atoms with van der Waals surface area (Å²) in [5.41, 5.74) is 0. The van der Waals surface area contributed by atoms with Gasteiger partial charge in [0.1, 0.15) is 0 Å². The van der Waals surface area contributed by atoms with Crippen molar-refractivity contribution in [1.82, 2.24) is 0 Å². The molecule has 0 unspecified atom stereocenters. The maximum absolute atomic E-state index is 8.67. The second-order valence-electron chi connectivity index (χ2n) is 6.90. The Morgan fingerprint density at radius 1 is 0.690 bits per heavy atom. The summed E-state index contributed by atoms with van der Waals surface area (Å²) >= 11 is 2.69. The second-order valence-corrected chi connectivity index (χ2v) is 17.7. The molecule has 0 heterocycles. The van der Waals surface area contributed by atoms with E-state index >= 15 is 0 Å². The van der Waals surface area contributed by atoms with Gasteiger partial charge < -0.3 is 0 Å². The summed E-state index contributed by atoms with van der Waals surface area (Å²) in [4.78, 5) is 0. The van der Waals surface area contributed by atoms with E-state index in [-0.39, 0.29) is 30.6 Å². The fourth-order valence-corrected chi connectivity index (χ4v) is 11.9. The van der Waals surface area contributed by atoms with Crippen LogP contribution in [0.1, 0.15) is 31.7 Å². The molecule has 0 fully saturated rings. The molecule has 0 saturated carbocycles. The van der Waals surface area contributed by atoms with Crippen LogP contribution in [0, 0.1) is 0 Å². The average Bonchev–Trinajstić information content (AvgIpc) is 2.88. The van der Waals surface area contributed by atoms with E-state index in [1.165, 1.54) is 15.9 Å². The zero-order valence-corrected chi connectivity index (χ0v) is 19.9. The Bertz CT molecular complexity index is 1030. The summed E-state index contributed by atoms with van der Waals surface area (Å²) in [6.45, 7) is 1.84. The van der Waals surface area contributed by atoms with Crippen LogP contribution >= 0.6 is 26.3 Å². The predicted octanol–water partition coefficient (Wildman–Crippen LogP) is 7.17. The SMILES string of the molecule is [2H]C(CC)=C([2H])CC([2H])=C([2H])CCP(I)(c1ccccc1)(c1ccccc1)c1ccccc1. The Hall–Kier alpha value is -1.70. The van der Waals surface area contributed by atoms with E-state index in [0.717, 1.165) is 0 Å². The van der Waals surface area contributed by atoms with Crippen molar-refractivity contribution < 1.29 is 5.48 Å². The number of hydrogen-bond donors (Lipinski definition) is 0. The molecule has 0 aromatic heterocycles. The fraction of sp³-hybridized carbons (Fsp3) is 0.185. The third-order valence-electron chi connectivity index (χ3n) is 5.14. The molecule has 0 aliphatic carbocycles. The normalized spacial score (nSPS) is 16.8. The van der Waals surface area contributed by atoms with Gasteiger partial charge >= 0.3 is 195 Å². The van der Waals surface area contributed by atoms with Crippen LogP contribution in [0.3, 0.4) is 0 Å². The van der Waals surface area contributed by atoms with Gasteiger partial charge in [-0.3, -0.25) is 0 Å². The molecule has 3 aromatic carbocycles. The molecule has 0 spiro atoms. The van der Waals surface area contributed by atoms with Crippen molar-refractivity contribution in [2.24, 2.45) is 0 Å². The van der Waals surface area contributed by atoms with Crippen molar-refractivity contribution in [1.29, 1.82) is 0 Å². The van der Waals surface area contributed by atoms with Crippen LogP contribution < -0.4 is 15.9 Å². The molecule has 0 atom stereocenters. The van der Waals surface area contributed by atoms with E-state index in [9.17, 15) is 0 Å². The van der Waals surface area contributed by atoms with Gasteiger partial charge in [-0.05, 0) is 0 Å². The number of halogens is 1. The maximum atomic E-state index is 8.67. The van der Waals surface area contributed by atoms with Crippen molar-refractivity contribution >= 4 is 42.2 Å². The van der Waals surface area contributed by atoms with Crippen molar-refractivity contribution in [3.8, 4) is 0 Å². The zero-order valence-electron chi connectivity index (χ0n) is 20.8. The van der Waals surface area contributed by atoms with E-state index in [2.05, 4.69) is 94.8 Å². The molecule has 150 valence electrons. The first kappa shape index (κ1) is 17.0. The molecular formula is C27H30IP. The summed E-state index contributed by atoms with van der Waals surface area (Å²) in [5.74, 6) is 0. The van der Waals surface area contributed by atoms with Gasteiger partial charge in [0.25, 0.3) is 0 Å². The van der Waals surface area contributed by atoms with Crippen LogP contribution in [-0.2, 0) is 0 Å². The summed E-state index contributed by atoms with van der Waals surface area (Å²) in [6, 6.07) is 32.4. The Kier molecular flexibility index (Phi) is 6.09. The number of allylic oxidation sites excluding steroid dienone is 4. The molecule has 0 nitrogen and oxygen atoms in total. The van der Waals surface area contributed by atoms with Crippen LogP contribution in [-0.4, -0.2) is 6.16 Å². The Labute approximate surface area is 194 Å². The van der Waals surface area contributed by atoms with E-state index in [4.69, 9.17) is 5.48 Å². The van der Waals surface area contributed by atoms with Crippen molar-refractivity contribution in [3.63, 3.8) is 0 Å². The number of benzene rings is 3. The van der Waals surface area contributed by atoms with Crippen LogP contribution in [0.2, 0.25) is 0 Å². The number of rotatable bonds is 9. The summed E-state index contributed by atoms with van der Waals surface area (Å²) in [7, 11) is 0. The molecule has 0 radical (unpaired) electrons. The van der Waals surface area contributed by atoms with Gasteiger partial charge in [-0.15, -0.1) is 0 Å². The quantitative estimate of drug-likeness (QED) is 0.161. The molecular weight excluding hydrogens is 482 g/mol. The third-order valence-corrected chi connectivity index (χ3v) is 16.8. The Morgan fingerprint density at radius 2 is 1.10 bits per heavy atom. The van der Waals surface area contributed by atoms with Gasteiger partial charge in [0, 0.05) is 0 Å². The second kappa shape index (κ2) is 10.4. The molecule has 0 saturated heterocycles. The van der Waals surface area contributed by atoms with Gasteiger partial charge in [-0.25, -0.2) is 0 Å². The molecule has 3 aromatic rings. The molecule has 0 aliphatic heterocycles. The fourth-order valence-electron chi connectivity index (χ4n) is 3.70. The third kappa shape index (κ3) is 4.73. The van der Waals surface area contributed by atoms with Gasteiger partial charge in [0.15, 0.2) is 0 Å². The van der Waals surface area contributed by atoms with Crippen molar-refractivity contribution in [2.75, 3.05) is 6.16 Å². The summed E-state index contributed by atoms with van der Waals surface area (Å²) in [6.07, 6.45) is 1.67. The van der Waals surface area contributed by atoms with Crippen LogP contribution in [0.5, 0.6) is 0 Å². The van der Waals surface area contributed by atoms with E-state index in [1.54, 1.807) is 0 Å². The zero-order chi connectivity index (χ0) is 23.9. The first-order valence-electron chi connectivity index (χ1n) is 12.0. The topological polar surface area (TPSA) is 0 Å². The van der Waals surface area contributed by atoms with Crippen LogP contribution in [0.15, 0.2) is 115 Å². The predicted molar refractivity (Wildman–Crippen MR) is 142 cm³/mol. The van der Waals surface area contributed by atoms with Crippen molar-refractivity contribution in [3.05, 3.63) is 115 Å². The van der Waals surface area contributed by atoms with Crippen LogP contribution in [0.25, 0.3) is 0 Å². The molecule has 2 heteroatoms. The first-order valence-corrected chi connectivity index (χ1v) is 15.2. The molecule has 0 aliphatic rings. The van der Waals surface area contributed by atoms with Gasteiger partial charge in [-0.1, -0.05) is 0 Å². The first-order chi connectivity index (χ1) is 15.8. The number of hydrogen-bond acceptors (Lipinski definition) is 0. The molecule has 29 heavy (non-hydrogen) atoms. The summed E-state index contributed by atoms with van der Waals surface area (Å²) in [5, 5.41) is 3.75. The Balaban J connectivity index is 2.16.